The molecule has 5 aliphatic rings. The smallest absolute Gasteiger partial charge is 0.293 e. The number of hydrogen-bond acceptors (Lipinski definition) is 12. The van der Waals surface area contributed by atoms with Crippen molar-refractivity contribution in [3.63, 3.8) is 0 Å². The zero-order valence-electron chi connectivity index (χ0n) is 35.6. The van der Waals surface area contributed by atoms with Crippen LogP contribution < -0.4 is 36.0 Å². The molecule has 63 heavy (non-hydrogen) atoms. The van der Waals surface area contributed by atoms with Crippen LogP contribution in [0.4, 0.5) is 23.1 Å². The Morgan fingerprint density at radius 3 is 2.56 bits per heavy atom. The number of rotatable bonds is 10. The van der Waals surface area contributed by atoms with Gasteiger partial charge in [0.25, 0.3) is 17.4 Å². The van der Waals surface area contributed by atoms with Crippen LogP contribution in [-0.4, -0.2) is 113 Å². The van der Waals surface area contributed by atoms with Crippen molar-refractivity contribution in [2.75, 3.05) is 68.0 Å². The first-order chi connectivity index (χ1) is 30.3. The topological polar surface area (TPSA) is 191 Å². The van der Waals surface area contributed by atoms with Crippen LogP contribution in [0.15, 0.2) is 53.5 Å². The van der Waals surface area contributed by atoms with Crippen LogP contribution >= 0.6 is 11.6 Å². The molecular weight excluding hydrogens is 828 g/mol. The third kappa shape index (κ3) is 8.14. The summed E-state index contributed by atoms with van der Waals surface area (Å²) in [5.74, 6) is -0.0765. The summed E-state index contributed by atoms with van der Waals surface area (Å²) >= 11 is 6.60. The molecule has 1 spiro atoms. The second-order valence-electron chi connectivity index (χ2n) is 17.7. The summed E-state index contributed by atoms with van der Waals surface area (Å²) in [6.07, 6.45) is 5.81. The Bertz CT molecular complexity index is 2590. The van der Waals surface area contributed by atoms with E-state index in [9.17, 15) is 28.8 Å². The molecule has 2 aromatic heterocycles. The second kappa shape index (κ2) is 16.8. The van der Waals surface area contributed by atoms with E-state index < -0.39 is 11.9 Å². The van der Waals surface area contributed by atoms with Gasteiger partial charge in [-0.05, 0) is 99.4 Å². The number of anilines is 4. The highest BCUT2D eigenvalue weighted by Crippen LogP contribution is 2.50. The minimum Gasteiger partial charge on any atom is -0.478 e. The third-order valence-corrected chi connectivity index (χ3v) is 13.7. The van der Waals surface area contributed by atoms with Gasteiger partial charge in [0.1, 0.15) is 11.1 Å². The molecule has 2 aromatic carbocycles. The van der Waals surface area contributed by atoms with Gasteiger partial charge in [-0.3, -0.25) is 34.1 Å². The van der Waals surface area contributed by atoms with Crippen LogP contribution in [0.2, 0.25) is 5.02 Å². The lowest BCUT2D eigenvalue weighted by molar-refractivity contribution is -0.137. The molecule has 17 nitrogen and oxygen atoms in total. The number of carbonyl (C=O) groups is 5. The number of imide groups is 1. The van der Waals surface area contributed by atoms with E-state index in [-0.39, 0.29) is 65.3 Å². The minimum absolute atomic E-state index is 0.0329. The lowest BCUT2D eigenvalue weighted by Gasteiger charge is -2.36. The molecule has 3 atom stereocenters. The van der Waals surface area contributed by atoms with Crippen LogP contribution in [0.1, 0.15) is 74.3 Å². The molecule has 3 unspecified atom stereocenters. The normalized spacial score (nSPS) is 22.3. The lowest BCUT2D eigenvalue weighted by atomic mass is 9.84. The van der Waals surface area contributed by atoms with Crippen molar-refractivity contribution in [3.05, 3.63) is 75.2 Å². The predicted octanol–water partition coefficient (Wildman–Crippen LogP) is 4.00. The maximum absolute atomic E-state index is 14.0. The van der Waals surface area contributed by atoms with E-state index in [4.69, 9.17) is 21.3 Å². The van der Waals surface area contributed by atoms with Crippen molar-refractivity contribution in [1.29, 1.82) is 0 Å². The van der Waals surface area contributed by atoms with Gasteiger partial charge in [0, 0.05) is 93.6 Å². The molecule has 3 saturated heterocycles. The number of halogens is 1. The van der Waals surface area contributed by atoms with Gasteiger partial charge in [0.05, 0.1) is 11.7 Å². The van der Waals surface area contributed by atoms with Crippen molar-refractivity contribution in [2.45, 2.75) is 71.0 Å². The zero-order chi connectivity index (χ0) is 44.2. The molecular formula is C45H51ClN10O7. The molecule has 9 rings (SSSR count). The largest absolute Gasteiger partial charge is 0.478 e. The molecule has 4 aliphatic heterocycles. The van der Waals surface area contributed by atoms with E-state index in [1.165, 1.54) is 7.05 Å². The average Bonchev–Trinajstić information content (AvgIpc) is 3.99. The Kier molecular flexibility index (Phi) is 11.2. The third-order valence-electron chi connectivity index (χ3n) is 13.4. The van der Waals surface area contributed by atoms with Gasteiger partial charge < -0.3 is 39.5 Å². The van der Waals surface area contributed by atoms with Gasteiger partial charge in [-0.15, -0.1) is 0 Å². The molecule has 3 N–H and O–H groups in total. The number of fused-ring (bicyclic) bond motifs is 2. The lowest BCUT2D eigenvalue weighted by Crippen LogP contribution is -2.52. The summed E-state index contributed by atoms with van der Waals surface area (Å²) < 4.78 is 7.25. The van der Waals surface area contributed by atoms with E-state index in [2.05, 4.69) is 36.8 Å². The number of pyridine rings is 1. The van der Waals surface area contributed by atoms with Gasteiger partial charge in [0.2, 0.25) is 23.7 Å². The molecule has 5 amide bonds. The van der Waals surface area contributed by atoms with Crippen molar-refractivity contribution in [1.82, 2.24) is 35.0 Å². The summed E-state index contributed by atoms with van der Waals surface area (Å²) in [5.41, 5.74) is 3.67. The predicted molar refractivity (Wildman–Crippen MR) is 236 cm³/mol. The SMILES string of the molecule is CNC(=O)COc1cc2cc(Nc3nc(N4CCN(C(=O)C5CCC6(CCN(c7ccc8c(c7)CN(C7CCC(=O)NC7=O)C8=O)C6)C5)CC4)ncc3Cl)ccc2n(C(C)C)c1=O. The number of nitrogens with one attached hydrogen (secondary N) is 3. The number of piperidine rings is 1. The fourth-order valence-corrected chi connectivity index (χ4v) is 10.2. The number of amides is 5. The van der Waals surface area contributed by atoms with E-state index >= 15 is 0 Å². The summed E-state index contributed by atoms with van der Waals surface area (Å²) in [4.78, 5) is 93.9. The average molecular weight is 879 g/mol. The standard InChI is InChI=1S/C45H51ClN10O7/c1-26(2)56-34-7-4-30(18-28(34)20-36(43(56)62)63-24-38(58)47-3)49-39-33(46)22-48-44(51-39)53-16-14-52(15-17-53)41(60)27-10-11-45(21-27)12-13-54(25-45)31-5-6-32-29(19-31)23-55(42(32)61)35-8-9-37(57)50-40(35)59/h4-7,18-20,22,26-27,35H,8-17,21,23-25H2,1-3H3,(H,47,58)(H,48,49,51)(H,50,57,59). The quantitative estimate of drug-likeness (QED) is 0.195. The number of benzene rings is 2. The minimum atomic E-state index is -0.642. The van der Waals surface area contributed by atoms with E-state index in [1.807, 2.05) is 49.1 Å². The number of hydrogen-bond donors (Lipinski definition) is 3. The summed E-state index contributed by atoms with van der Waals surface area (Å²) in [6, 6.07) is 12.3. The molecule has 4 aromatic rings. The first-order valence-corrected chi connectivity index (χ1v) is 22.1. The van der Waals surface area contributed by atoms with Gasteiger partial charge in [0.15, 0.2) is 18.2 Å². The Morgan fingerprint density at radius 2 is 1.79 bits per heavy atom. The van der Waals surface area contributed by atoms with E-state index in [0.29, 0.717) is 72.7 Å². The molecule has 1 aliphatic carbocycles. The molecule has 18 heteroatoms. The van der Waals surface area contributed by atoms with Crippen molar-refractivity contribution in [2.24, 2.45) is 11.3 Å². The number of likely N-dealkylation sites (N-methyl/N-ethyl adjacent to an activating group) is 1. The first kappa shape index (κ1) is 42.1. The zero-order valence-corrected chi connectivity index (χ0v) is 36.4. The summed E-state index contributed by atoms with van der Waals surface area (Å²) in [6.45, 7) is 7.86. The fraction of sp³-hybridized carbons (Fsp3) is 0.467. The number of aromatic nitrogens is 3. The molecule has 6 heterocycles. The highest BCUT2D eigenvalue weighted by atomic mass is 35.5. The molecule has 0 radical (unpaired) electrons. The second-order valence-corrected chi connectivity index (χ2v) is 18.1. The number of nitrogens with zero attached hydrogens (tertiary/aromatic N) is 7. The Labute approximate surface area is 369 Å². The van der Waals surface area contributed by atoms with Crippen LogP contribution in [0, 0.1) is 11.3 Å². The molecule has 4 fully saturated rings. The van der Waals surface area contributed by atoms with Gasteiger partial charge in [-0.2, -0.15) is 4.98 Å². The van der Waals surface area contributed by atoms with Crippen LogP contribution in [0.3, 0.4) is 0 Å². The van der Waals surface area contributed by atoms with E-state index in [0.717, 1.165) is 55.4 Å². The van der Waals surface area contributed by atoms with Gasteiger partial charge >= 0.3 is 0 Å². The highest BCUT2D eigenvalue weighted by Gasteiger charge is 2.47. The Balaban J connectivity index is 0.804. The highest BCUT2D eigenvalue weighted by molar-refractivity contribution is 6.33. The Hall–Kier alpha value is -6.23. The van der Waals surface area contributed by atoms with Crippen molar-refractivity contribution in [3.8, 4) is 5.75 Å². The Morgan fingerprint density at radius 1 is 0.984 bits per heavy atom. The number of carbonyl (C=O) groups excluding carboxylic acids is 5. The number of piperazine rings is 1. The van der Waals surface area contributed by atoms with Crippen LogP contribution in [0.25, 0.3) is 10.9 Å². The van der Waals surface area contributed by atoms with Crippen molar-refractivity contribution >= 4 is 75.2 Å². The van der Waals surface area contributed by atoms with E-state index in [1.54, 1.807) is 21.7 Å². The van der Waals surface area contributed by atoms with Crippen molar-refractivity contribution < 1.29 is 28.7 Å². The van der Waals surface area contributed by atoms with Crippen LogP contribution in [0.5, 0.6) is 5.75 Å². The fourth-order valence-electron chi connectivity index (χ4n) is 10.1. The molecule has 330 valence electrons. The monoisotopic (exact) mass is 878 g/mol. The maximum Gasteiger partial charge on any atom is 0.293 e. The summed E-state index contributed by atoms with van der Waals surface area (Å²) in [7, 11) is 1.50. The van der Waals surface area contributed by atoms with Gasteiger partial charge in [-0.1, -0.05) is 11.6 Å². The first-order valence-electron chi connectivity index (χ1n) is 21.7. The number of ether oxygens (including phenoxy) is 1. The molecule has 1 saturated carbocycles. The molecule has 0 bridgehead atoms. The maximum atomic E-state index is 14.0. The summed E-state index contributed by atoms with van der Waals surface area (Å²) in [5, 5.41) is 9.23. The van der Waals surface area contributed by atoms with Gasteiger partial charge in [-0.25, -0.2) is 4.98 Å². The van der Waals surface area contributed by atoms with Crippen LogP contribution in [-0.2, 0) is 25.7 Å².